The maximum Gasteiger partial charge on any atom is 0.126 e. The Labute approximate surface area is 68.1 Å². The summed E-state index contributed by atoms with van der Waals surface area (Å²) in [5.74, 6) is -0.0370. The van der Waals surface area contributed by atoms with Crippen LogP contribution in [0.25, 0.3) is 0 Å². The Hall–Kier alpha value is 0.444. The van der Waals surface area contributed by atoms with Crippen molar-refractivity contribution < 1.29 is 42.9 Å². The van der Waals surface area contributed by atoms with E-state index in [-0.39, 0.29) is 44.2 Å². The molecule has 39 valence electrons. The van der Waals surface area contributed by atoms with E-state index in [2.05, 4.69) is 0 Å². The normalized spacial score (nSPS) is 11.7. The van der Waals surface area contributed by atoms with Crippen LogP contribution in [-0.4, -0.2) is 10.2 Å². The third kappa shape index (κ3) is 6.44. The Balaban J connectivity index is 0. The van der Waals surface area contributed by atoms with Gasteiger partial charge in [0.2, 0.25) is 0 Å². The fraction of sp³-hybridized carbons (Fsp3) is 0.500. The van der Waals surface area contributed by atoms with Crippen molar-refractivity contribution in [2.45, 2.75) is 13.8 Å². The van der Waals surface area contributed by atoms with Crippen molar-refractivity contribution >= 4 is 0 Å². The average molecular weight is 177 g/mol. The van der Waals surface area contributed by atoms with Crippen LogP contribution in [0.5, 0.6) is 0 Å². The summed E-state index contributed by atoms with van der Waals surface area (Å²) in [6, 6.07) is 0. The standard InChI is InChI=1S/C4H8O2.Y/c1-3(5)4(2)6;/h5-6H,1-2H3;. The SMILES string of the molecule is CC(O)=C(C)O.[Y]. The first kappa shape index (κ1) is 10.4. The molecule has 0 amide bonds. The van der Waals surface area contributed by atoms with Crippen molar-refractivity contribution in [2.24, 2.45) is 0 Å². The minimum absolute atomic E-state index is 0. The Bertz CT molecular complexity index is 59.8. The van der Waals surface area contributed by atoms with Gasteiger partial charge in [-0.3, -0.25) is 0 Å². The van der Waals surface area contributed by atoms with Crippen LogP contribution in [0.15, 0.2) is 11.5 Å². The molecule has 0 fully saturated rings. The second-order valence-corrected chi connectivity index (χ2v) is 1.17. The Morgan fingerprint density at radius 1 is 1.00 bits per heavy atom. The molecular weight excluding hydrogens is 169 g/mol. The molecule has 0 rings (SSSR count). The fourth-order valence-corrected chi connectivity index (χ4v) is 0. The fourth-order valence-electron chi connectivity index (χ4n) is 0. The average Bonchev–Trinajstić information content (AvgIpc) is 1.36. The maximum atomic E-state index is 8.26. The van der Waals surface area contributed by atoms with Crippen LogP contribution in [0.3, 0.4) is 0 Å². The van der Waals surface area contributed by atoms with Crippen LogP contribution in [0.2, 0.25) is 0 Å². The summed E-state index contributed by atoms with van der Waals surface area (Å²) >= 11 is 0. The van der Waals surface area contributed by atoms with Gasteiger partial charge in [-0.1, -0.05) is 0 Å². The predicted molar refractivity (Wildman–Crippen MR) is 23.6 cm³/mol. The van der Waals surface area contributed by atoms with Crippen LogP contribution in [0.4, 0.5) is 0 Å². The summed E-state index contributed by atoms with van der Waals surface area (Å²) in [4.78, 5) is 0. The molecule has 0 spiro atoms. The van der Waals surface area contributed by atoms with Crippen LogP contribution in [0, 0.1) is 0 Å². The minimum Gasteiger partial charge on any atom is -0.509 e. The van der Waals surface area contributed by atoms with Crippen LogP contribution >= 0.6 is 0 Å². The zero-order chi connectivity index (χ0) is 5.15. The predicted octanol–water partition coefficient (Wildman–Crippen LogP) is 1.35. The van der Waals surface area contributed by atoms with Crippen molar-refractivity contribution in [2.75, 3.05) is 0 Å². The van der Waals surface area contributed by atoms with Crippen molar-refractivity contribution in [1.29, 1.82) is 0 Å². The van der Waals surface area contributed by atoms with Crippen LogP contribution < -0.4 is 0 Å². The largest absolute Gasteiger partial charge is 0.509 e. The molecule has 0 aromatic rings. The summed E-state index contributed by atoms with van der Waals surface area (Å²) in [5, 5.41) is 16.5. The van der Waals surface area contributed by atoms with Crippen molar-refractivity contribution in [3.63, 3.8) is 0 Å². The molecule has 0 aliphatic heterocycles. The molecule has 0 aliphatic rings. The van der Waals surface area contributed by atoms with Gasteiger partial charge in [0.15, 0.2) is 0 Å². The number of aliphatic hydroxyl groups excluding tert-OH is 2. The molecule has 2 N–H and O–H groups in total. The van der Waals surface area contributed by atoms with Crippen LogP contribution in [-0.2, 0) is 32.7 Å². The van der Waals surface area contributed by atoms with E-state index in [0.717, 1.165) is 0 Å². The van der Waals surface area contributed by atoms with E-state index in [4.69, 9.17) is 10.2 Å². The summed E-state index contributed by atoms with van der Waals surface area (Å²) in [5.41, 5.74) is 0. The Morgan fingerprint density at radius 3 is 1.14 bits per heavy atom. The molecule has 7 heavy (non-hydrogen) atoms. The first-order valence-electron chi connectivity index (χ1n) is 1.70. The number of hydrogen-bond acceptors (Lipinski definition) is 2. The maximum absolute atomic E-state index is 8.26. The van der Waals surface area contributed by atoms with Gasteiger partial charge < -0.3 is 10.2 Å². The van der Waals surface area contributed by atoms with Gasteiger partial charge in [0.05, 0.1) is 0 Å². The third-order valence-electron chi connectivity index (χ3n) is 0.524. The summed E-state index contributed by atoms with van der Waals surface area (Å²) < 4.78 is 0. The molecule has 0 saturated heterocycles. The number of aliphatic hydroxyl groups is 2. The van der Waals surface area contributed by atoms with Crippen LogP contribution in [0.1, 0.15) is 13.8 Å². The van der Waals surface area contributed by atoms with E-state index in [0.29, 0.717) is 0 Å². The topological polar surface area (TPSA) is 40.5 Å². The molecule has 0 aromatic carbocycles. The van der Waals surface area contributed by atoms with Crippen molar-refractivity contribution in [1.82, 2.24) is 0 Å². The van der Waals surface area contributed by atoms with Gasteiger partial charge in [0.25, 0.3) is 0 Å². The Kier molecular flexibility index (Phi) is 6.85. The van der Waals surface area contributed by atoms with Crippen molar-refractivity contribution in [3.8, 4) is 0 Å². The smallest absolute Gasteiger partial charge is 0.126 e. The van der Waals surface area contributed by atoms with E-state index in [1.54, 1.807) is 0 Å². The summed E-state index contributed by atoms with van der Waals surface area (Å²) in [6.07, 6.45) is 0. The molecular formula is C4H8O2Y. The summed E-state index contributed by atoms with van der Waals surface area (Å²) in [7, 11) is 0. The number of hydrogen-bond donors (Lipinski definition) is 2. The molecule has 0 heterocycles. The van der Waals surface area contributed by atoms with E-state index in [9.17, 15) is 0 Å². The minimum atomic E-state index is -0.0185. The van der Waals surface area contributed by atoms with E-state index in [1.165, 1.54) is 13.8 Å². The molecule has 0 atom stereocenters. The van der Waals surface area contributed by atoms with Crippen molar-refractivity contribution in [3.05, 3.63) is 11.5 Å². The van der Waals surface area contributed by atoms with Gasteiger partial charge in [0.1, 0.15) is 11.5 Å². The zero-order valence-electron chi connectivity index (χ0n) is 4.47. The van der Waals surface area contributed by atoms with E-state index < -0.39 is 0 Å². The summed E-state index contributed by atoms with van der Waals surface area (Å²) in [6.45, 7) is 2.85. The molecule has 0 saturated carbocycles. The monoisotopic (exact) mass is 177 g/mol. The third-order valence-corrected chi connectivity index (χ3v) is 0.524. The first-order chi connectivity index (χ1) is 2.64. The molecule has 3 heteroatoms. The molecule has 0 aromatic heterocycles. The molecule has 0 aliphatic carbocycles. The van der Waals surface area contributed by atoms with Gasteiger partial charge in [-0.25, -0.2) is 0 Å². The number of rotatable bonds is 0. The molecule has 0 unspecified atom stereocenters. The van der Waals surface area contributed by atoms with Gasteiger partial charge in [-0.2, -0.15) is 0 Å². The van der Waals surface area contributed by atoms with Gasteiger partial charge >= 0.3 is 0 Å². The second-order valence-electron chi connectivity index (χ2n) is 1.17. The number of allylic oxidation sites excluding steroid dienone is 2. The van der Waals surface area contributed by atoms with E-state index >= 15 is 0 Å². The Morgan fingerprint density at radius 2 is 1.14 bits per heavy atom. The second kappa shape index (κ2) is 4.60. The molecule has 0 bridgehead atoms. The molecule has 2 nitrogen and oxygen atoms in total. The van der Waals surface area contributed by atoms with Gasteiger partial charge in [-0.15, -0.1) is 0 Å². The van der Waals surface area contributed by atoms with Gasteiger partial charge in [-0.05, 0) is 13.8 Å². The first-order valence-corrected chi connectivity index (χ1v) is 1.70. The molecule has 1 radical (unpaired) electrons. The van der Waals surface area contributed by atoms with E-state index in [1.807, 2.05) is 0 Å². The van der Waals surface area contributed by atoms with Gasteiger partial charge in [0, 0.05) is 32.7 Å². The zero-order valence-corrected chi connectivity index (χ0v) is 7.31. The quantitative estimate of drug-likeness (QED) is 0.548.